The molecular formula is C23H30N2O3. The summed E-state index contributed by atoms with van der Waals surface area (Å²) < 4.78 is 11.6. The standard InChI is InChI=1S/C23H30N2O3/c1-18-9-11-19(12-10-18)17-28-23-20(6-3-7-21(23)27-2)16-24-13-5-15-25-14-4-8-22(25)26/h3,6-7,9-12,24H,4-5,8,13-17H2,1-2H3. The van der Waals surface area contributed by atoms with Gasteiger partial charge in [0, 0.05) is 31.6 Å². The van der Waals surface area contributed by atoms with Crippen molar-refractivity contribution < 1.29 is 14.3 Å². The average molecular weight is 383 g/mol. The third-order valence-corrected chi connectivity index (χ3v) is 5.05. The van der Waals surface area contributed by atoms with Gasteiger partial charge in [0.05, 0.1) is 7.11 Å². The fourth-order valence-corrected chi connectivity index (χ4v) is 3.42. The smallest absolute Gasteiger partial charge is 0.222 e. The zero-order valence-electron chi connectivity index (χ0n) is 16.9. The monoisotopic (exact) mass is 382 g/mol. The average Bonchev–Trinajstić information content (AvgIpc) is 3.12. The minimum atomic E-state index is 0.291. The summed E-state index contributed by atoms with van der Waals surface area (Å²) in [7, 11) is 1.67. The Morgan fingerprint density at radius 3 is 2.68 bits per heavy atom. The molecular weight excluding hydrogens is 352 g/mol. The second-order valence-corrected chi connectivity index (χ2v) is 7.24. The van der Waals surface area contributed by atoms with Crippen molar-refractivity contribution in [2.24, 2.45) is 0 Å². The number of benzene rings is 2. The van der Waals surface area contributed by atoms with Crippen LogP contribution in [0.25, 0.3) is 0 Å². The maximum Gasteiger partial charge on any atom is 0.222 e. The van der Waals surface area contributed by atoms with Crippen LogP contribution in [0.3, 0.4) is 0 Å². The number of carbonyl (C=O) groups excluding carboxylic acids is 1. The van der Waals surface area contributed by atoms with Crippen LogP contribution in [-0.4, -0.2) is 37.6 Å². The molecule has 1 saturated heterocycles. The molecule has 0 radical (unpaired) electrons. The molecule has 150 valence electrons. The zero-order chi connectivity index (χ0) is 19.8. The molecule has 5 heteroatoms. The van der Waals surface area contributed by atoms with Crippen LogP contribution in [-0.2, 0) is 17.9 Å². The van der Waals surface area contributed by atoms with Crippen molar-refractivity contribution in [1.82, 2.24) is 10.2 Å². The molecule has 1 aliphatic rings. The molecule has 1 amide bonds. The molecule has 1 fully saturated rings. The molecule has 0 aromatic heterocycles. The number of amides is 1. The first kappa shape index (κ1) is 20.2. The summed E-state index contributed by atoms with van der Waals surface area (Å²) in [5.41, 5.74) is 3.44. The van der Waals surface area contributed by atoms with Gasteiger partial charge in [0.25, 0.3) is 0 Å². The molecule has 1 N–H and O–H groups in total. The number of nitrogens with one attached hydrogen (secondary N) is 1. The second-order valence-electron chi connectivity index (χ2n) is 7.24. The minimum absolute atomic E-state index is 0.291. The quantitative estimate of drug-likeness (QED) is 0.637. The van der Waals surface area contributed by atoms with E-state index in [2.05, 4.69) is 42.6 Å². The van der Waals surface area contributed by atoms with Gasteiger partial charge in [-0.05, 0) is 37.9 Å². The predicted octanol–water partition coefficient (Wildman–Crippen LogP) is 3.68. The minimum Gasteiger partial charge on any atom is -0.493 e. The Bertz CT molecular complexity index is 774. The maximum absolute atomic E-state index is 11.7. The van der Waals surface area contributed by atoms with E-state index in [0.717, 1.165) is 55.1 Å². The summed E-state index contributed by atoms with van der Waals surface area (Å²) in [6, 6.07) is 14.3. The molecule has 5 nitrogen and oxygen atoms in total. The van der Waals surface area contributed by atoms with Crippen LogP contribution < -0.4 is 14.8 Å². The number of hydrogen-bond donors (Lipinski definition) is 1. The van der Waals surface area contributed by atoms with Gasteiger partial charge in [0.2, 0.25) is 5.91 Å². The third kappa shape index (κ3) is 5.49. The summed E-state index contributed by atoms with van der Waals surface area (Å²) in [5.74, 6) is 1.82. The second kappa shape index (κ2) is 10.1. The van der Waals surface area contributed by atoms with Crippen molar-refractivity contribution >= 4 is 5.91 Å². The van der Waals surface area contributed by atoms with E-state index in [0.29, 0.717) is 25.5 Å². The fourth-order valence-electron chi connectivity index (χ4n) is 3.42. The van der Waals surface area contributed by atoms with Crippen molar-refractivity contribution in [1.29, 1.82) is 0 Å². The molecule has 1 aliphatic heterocycles. The van der Waals surface area contributed by atoms with Gasteiger partial charge in [-0.3, -0.25) is 4.79 Å². The zero-order valence-corrected chi connectivity index (χ0v) is 16.9. The molecule has 0 atom stereocenters. The Morgan fingerprint density at radius 1 is 1.14 bits per heavy atom. The molecule has 0 spiro atoms. The van der Waals surface area contributed by atoms with E-state index in [-0.39, 0.29) is 0 Å². The summed E-state index contributed by atoms with van der Waals surface area (Å²) >= 11 is 0. The van der Waals surface area contributed by atoms with E-state index in [9.17, 15) is 4.79 Å². The highest BCUT2D eigenvalue weighted by Gasteiger charge is 2.19. The summed E-state index contributed by atoms with van der Waals surface area (Å²) in [6.45, 7) is 5.89. The van der Waals surface area contributed by atoms with Gasteiger partial charge in [-0.15, -0.1) is 0 Å². The van der Waals surface area contributed by atoms with Crippen LogP contribution in [0.2, 0.25) is 0 Å². The number of para-hydroxylation sites is 1. The van der Waals surface area contributed by atoms with Gasteiger partial charge in [0.15, 0.2) is 11.5 Å². The van der Waals surface area contributed by atoms with E-state index >= 15 is 0 Å². The first-order chi connectivity index (χ1) is 13.7. The maximum atomic E-state index is 11.7. The Hall–Kier alpha value is -2.53. The highest BCUT2D eigenvalue weighted by molar-refractivity contribution is 5.77. The first-order valence-electron chi connectivity index (χ1n) is 10.00. The van der Waals surface area contributed by atoms with Crippen LogP contribution in [0.5, 0.6) is 11.5 Å². The van der Waals surface area contributed by atoms with Crippen molar-refractivity contribution in [2.45, 2.75) is 39.3 Å². The highest BCUT2D eigenvalue weighted by atomic mass is 16.5. The van der Waals surface area contributed by atoms with Crippen LogP contribution >= 0.6 is 0 Å². The number of ether oxygens (including phenoxy) is 2. The number of aryl methyl sites for hydroxylation is 1. The molecule has 0 aliphatic carbocycles. The van der Waals surface area contributed by atoms with E-state index in [1.807, 2.05) is 17.0 Å². The van der Waals surface area contributed by atoms with Gasteiger partial charge in [-0.2, -0.15) is 0 Å². The molecule has 2 aromatic carbocycles. The Labute approximate surface area is 167 Å². The number of nitrogens with zero attached hydrogens (tertiary/aromatic N) is 1. The van der Waals surface area contributed by atoms with E-state index in [1.54, 1.807) is 7.11 Å². The van der Waals surface area contributed by atoms with E-state index in [4.69, 9.17) is 9.47 Å². The molecule has 0 saturated carbocycles. The van der Waals surface area contributed by atoms with Crippen LogP contribution in [0.15, 0.2) is 42.5 Å². The normalized spacial score (nSPS) is 13.8. The van der Waals surface area contributed by atoms with Crippen LogP contribution in [0.4, 0.5) is 0 Å². The lowest BCUT2D eigenvalue weighted by atomic mass is 10.1. The Kier molecular flexibility index (Phi) is 7.31. The predicted molar refractivity (Wildman–Crippen MR) is 111 cm³/mol. The van der Waals surface area contributed by atoms with Gasteiger partial charge < -0.3 is 19.7 Å². The summed E-state index contributed by atoms with van der Waals surface area (Å²) in [5, 5.41) is 3.46. The molecule has 0 bridgehead atoms. The summed E-state index contributed by atoms with van der Waals surface area (Å²) in [6.07, 6.45) is 2.66. The van der Waals surface area contributed by atoms with Crippen molar-refractivity contribution in [3.05, 3.63) is 59.2 Å². The molecule has 3 rings (SSSR count). The first-order valence-corrected chi connectivity index (χ1v) is 10.00. The lowest BCUT2D eigenvalue weighted by molar-refractivity contribution is -0.127. The molecule has 2 aromatic rings. The number of methoxy groups -OCH3 is 1. The van der Waals surface area contributed by atoms with Gasteiger partial charge >= 0.3 is 0 Å². The SMILES string of the molecule is COc1cccc(CNCCCN2CCCC2=O)c1OCc1ccc(C)cc1. The van der Waals surface area contributed by atoms with E-state index < -0.39 is 0 Å². The third-order valence-electron chi connectivity index (χ3n) is 5.05. The van der Waals surface area contributed by atoms with Crippen LogP contribution in [0, 0.1) is 6.92 Å². The number of rotatable bonds is 10. The molecule has 28 heavy (non-hydrogen) atoms. The summed E-state index contributed by atoms with van der Waals surface area (Å²) in [4.78, 5) is 13.6. The molecule has 0 unspecified atom stereocenters. The van der Waals surface area contributed by atoms with Crippen LogP contribution in [0.1, 0.15) is 36.0 Å². The van der Waals surface area contributed by atoms with Gasteiger partial charge in [0.1, 0.15) is 6.61 Å². The van der Waals surface area contributed by atoms with Crippen molar-refractivity contribution in [3.8, 4) is 11.5 Å². The highest BCUT2D eigenvalue weighted by Crippen LogP contribution is 2.31. The topological polar surface area (TPSA) is 50.8 Å². The van der Waals surface area contributed by atoms with E-state index in [1.165, 1.54) is 5.56 Å². The number of carbonyl (C=O) groups is 1. The Morgan fingerprint density at radius 2 is 1.96 bits per heavy atom. The fraction of sp³-hybridized carbons (Fsp3) is 0.435. The Balaban J connectivity index is 1.53. The number of likely N-dealkylation sites (tertiary alicyclic amines) is 1. The number of hydrogen-bond acceptors (Lipinski definition) is 4. The molecule has 1 heterocycles. The van der Waals surface area contributed by atoms with Gasteiger partial charge in [-0.1, -0.05) is 42.0 Å². The van der Waals surface area contributed by atoms with Crippen molar-refractivity contribution in [2.75, 3.05) is 26.7 Å². The van der Waals surface area contributed by atoms with Crippen molar-refractivity contribution in [3.63, 3.8) is 0 Å². The lowest BCUT2D eigenvalue weighted by Gasteiger charge is -2.17. The largest absolute Gasteiger partial charge is 0.493 e. The van der Waals surface area contributed by atoms with Gasteiger partial charge in [-0.25, -0.2) is 0 Å². The lowest BCUT2D eigenvalue weighted by Crippen LogP contribution is -2.28.